The third-order valence-electron chi connectivity index (χ3n) is 1.77. The maximum absolute atomic E-state index is 12.3. The van der Waals surface area contributed by atoms with Crippen LogP contribution in [0.15, 0.2) is 12.3 Å². The summed E-state index contributed by atoms with van der Waals surface area (Å²) >= 11 is 0. The second-order valence-electron chi connectivity index (χ2n) is 4.47. The number of hydrogen-bond acceptors (Lipinski definition) is 3. The van der Waals surface area contributed by atoms with Crippen LogP contribution in [-0.2, 0) is 12.7 Å². The molecule has 0 fully saturated rings. The third kappa shape index (κ3) is 4.14. The topological polar surface area (TPSA) is 37.8 Å². The molecule has 1 N–H and O–H groups in total. The molecule has 0 saturated carbocycles. The molecular weight excluding hydrogens is 219 g/mol. The van der Waals surface area contributed by atoms with Crippen LogP contribution in [0.4, 0.5) is 13.2 Å². The fourth-order valence-electron chi connectivity index (χ4n) is 0.987. The molecular formula is C10H14F3N3. The van der Waals surface area contributed by atoms with E-state index in [0.29, 0.717) is 5.69 Å². The van der Waals surface area contributed by atoms with Gasteiger partial charge in [-0.1, -0.05) is 0 Å². The van der Waals surface area contributed by atoms with Crippen LogP contribution < -0.4 is 5.32 Å². The quantitative estimate of drug-likeness (QED) is 0.852. The Balaban J connectivity index is 2.76. The first-order valence-corrected chi connectivity index (χ1v) is 4.83. The fraction of sp³-hybridized carbons (Fsp3) is 0.600. The lowest BCUT2D eigenvalue weighted by atomic mass is 10.1. The van der Waals surface area contributed by atoms with Crippen molar-refractivity contribution in [1.82, 2.24) is 15.3 Å². The van der Waals surface area contributed by atoms with Gasteiger partial charge < -0.3 is 5.32 Å². The molecule has 0 aliphatic carbocycles. The molecule has 1 aromatic rings. The Bertz CT molecular complexity index is 355. The Hall–Kier alpha value is -1.17. The SMILES string of the molecule is CC(C)(C)NCc1ccnc(C(F)(F)F)n1. The predicted octanol–water partition coefficient (Wildman–Crippen LogP) is 2.38. The minimum Gasteiger partial charge on any atom is -0.306 e. The molecule has 0 unspecified atom stereocenters. The van der Waals surface area contributed by atoms with Crippen molar-refractivity contribution in [3.8, 4) is 0 Å². The van der Waals surface area contributed by atoms with Gasteiger partial charge >= 0.3 is 6.18 Å². The van der Waals surface area contributed by atoms with Crippen molar-refractivity contribution in [1.29, 1.82) is 0 Å². The van der Waals surface area contributed by atoms with E-state index >= 15 is 0 Å². The molecule has 1 heterocycles. The van der Waals surface area contributed by atoms with Gasteiger partial charge in [-0.05, 0) is 26.8 Å². The molecule has 0 amide bonds. The van der Waals surface area contributed by atoms with Gasteiger partial charge in [-0.15, -0.1) is 0 Å². The molecule has 1 rings (SSSR count). The molecule has 0 radical (unpaired) electrons. The van der Waals surface area contributed by atoms with Crippen LogP contribution in [0.1, 0.15) is 32.3 Å². The van der Waals surface area contributed by atoms with Gasteiger partial charge in [0.15, 0.2) is 0 Å². The summed E-state index contributed by atoms with van der Waals surface area (Å²) in [6, 6.07) is 1.47. The van der Waals surface area contributed by atoms with E-state index in [1.165, 1.54) is 6.07 Å². The van der Waals surface area contributed by atoms with E-state index in [-0.39, 0.29) is 12.1 Å². The minimum absolute atomic E-state index is 0.163. The highest BCUT2D eigenvalue weighted by Gasteiger charge is 2.34. The molecule has 0 saturated heterocycles. The van der Waals surface area contributed by atoms with Gasteiger partial charge in [0, 0.05) is 18.3 Å². The molecule has 0 spiro atoms. The van der Waals surface area contributed by atoms with Crippen LogP contribution in [0.2, 0.25) is 0 Å². The number of halogens is 3. The average molecular weight is 233 g/mol. The summed E-state index contributed by atoms with van der Waals surface area (Å²) in [5.41, 5.74) is 0.167. The minimum atomic E-state index is -4.49. The zero-order valence-corrected chi connectivity index (χ0v) is 9.39. The van der Waals surface area contributed by atoms with Crippen molar-refractivity contribution in [3.63, 3.8) is 0 Å². The lowest BCUT2D eigenvalue weighted by Crippen LogP contribution is -2.35. The van der Waals surface area contributed by atoms with Crippen LogP contribution >= 0.6 is 0 Å². The molecule has 3 nitrogen and oxygen atoms in total. The summed E-state index contributed by atoms with van der Waals surface area (Å²) in [6.45, 7) is 6.08. The number of aromatic nitrogens is 2. The zero-order chi connectivity index (χ0) is 12.4. The van der Waals surface area contributed by atoms with Crippen molar-refractivity contribution >= 4 is 0 Å². The highest BCUT2D eigenvalue weighted by atomic mass is 19.4. The van der Waals surface area contributed by atoms with E-state index < -0.39 is 12.0 Å². The monoisotopic (exact) mass is 233 g/mol. The van der Waals surface area contributed by atoms with E-state index in [2.05, 4.69) is 15.3 Å². The van der Waals surface area contributed by atoms with Gasteiger partial charge in [-0.25, -0.2) is 9.97 Å². The molecule has 16 heavy (non-hydrogen) atoms. The summed E-state index contributed by atoms with van der Waals surface area (Å²) in [5, 5.41) is 3.06. The molecule has 6 heteroatoms. The number of nitrogens with one attached hydrogen (secondary N) is 1. The number of rotatable bonds is 2. The van der Waals surface area contributed by atoms with Crippen molar-refractivity contribution in [2.45, 2.75) is 39.0 Å². The van der Waals surface area contributed by atoms with Gasteiger partial charge in [0.05, 0.1) is 5.69 Å². The molecule has 0 bridgehead atoms. The smallest absolute Gasteiger partial charge is 0.306 e. The van der Waals surface area contributed by atoms with Crippen LogP contribution in [0.25, 0.3) is 0 Å². The van der Waals surface area contributed by atoms with Gasteiger partial charge in [0.1, 0.15) is 0 Å². The van der Waals surface area contributed by atoms with E-state index in [9.17, 15) is 13.2 Å². The Morgan fingerprint density at radius 3 is 2.38 bits per heavy atom. The standard InChI is InChI=1S/C10H14F3N3/c1-9(2,3)15-6-7-4-5-14-8(16-7)10(11,12)13/h4-5,15H,6H2,1-3H3. The van der Waals surface area contributed by atoms with E-state index in [1.54, 1.807) is 0 Å². The van der Waals surface area contributed by atoms with Gasteiger partial charge in [0.25, 0.3) is 0 Å². The summed E-state index contributed by atoms with van der Waals surface area (Å²) in [4.78, 5) is 6.64. The second-order valence-corrected chi connectivity index (χ2v) is 4.47. The normalized spacial score (nSPS) is 12.9. The van der Waals surface area contributed by atoms with E-state index in [1.807, 2.05) is 20.8 Å². The molecule has 0 aliphatic rings. The molecule has 0 aromatic carbocycles. The number of nitrogens with zero attached hydrogens (tertiary/aromatic N) is 2. The second kappa shape index (κ2) is 4.37. The van der Waals surface area contributed by atoms with E-state index in [0.717, 1.165) is 6.20 Å². The molecule has 0 atom stereocenters. The first-order valence-electron chi connectivity index (χ1n) is 4.83. The van der Waals surface area contributed by atoms with Crippen molar-refractivity contribution in [3.05, 3.63) is 23.8 Å². The Morgan fingerprint density at radius 1 is 1.25 bits per heavy atom. The largest absolute Gasteiger partial charge is 0.451 e. The van der Waals surface area contributed by atoms with Gasteiger partial charge in [0.2, 0.25) is 5.82 Å². The van der Waals surface area contributed by atoms with E-state index in [4.69, 9.17) is 0 Å². The molecule has 1 aromatic heterocycles. The summed E-state index contributed by atoms with van der Waals surface area (Å²) in [5.74, 6) is -1.10. The predicted molar refractivity (Wildman–Crippen MR) is 53.6 cm³/mol. The van der Waals surface area contributed by atoms with Crippen molar-refractivity contribution in [2.75, 3.05) is 0 Å². The maximum Gasteiger partial charge on any atom is 0.451 e. The van der Waals surface area contributed by atoms with Crippen LogP contribution in [0, 0.1) is 0 Å². The first-order chi connectivity index (χ1) is 7.18. The first kappa shape index (κ1) is 12.9. The van der Waals surface area contributed by atoms with Gasteiger partial charge in [-0.3, -0.25) is 0 Å². The maximum atomic E-state index is 12.3. The summed E-state index contributed by atoms with van der Waals surface area (Å²) in [7, 11) is 0. The van der Waals surface area contributed by atoms with Gasteiger partial charge in [-0.2, -0.15) is 13.2 Å². The lowest BCUT2D eigenvalue weighted by molar-refractivity contribution is -0.145. The number of hydrogen-bond donors (Lipinski definition) is 1. The highest BCUT2D eigenvalue weighted by molar-refractivity contribution is 5.04. The van der Waals surface area contributed by atoms with Crippen LogP contribution in [-0.4, -0.2) is 15.5 Å². The molecule has 90 valence electrons. The summed E-state index contributed by atoms with van der Waals surface area (Å²) < 4.78 is 36.9. The average Bonchev–Trinajstić information content (AvgIpc) is 2.13. The highest BCUT2D eigenvalue weighted by Crippen LogP contribution is 2.25. The third-order valence-corrected chi connectivity index (χ3v) is 1.77. The van der Waals surface area contributed by atoms with Crippen molar-refractivity contribution in [2.24, 2.45) is 0 Å². The Morgan fingerprint density at radius 2 is 1.88 bits per heavy atom. The summed E-state index contributed by atoms with van der Waals surface area (Å²) in [6.07, 6.45) is -3.37. The lowest BCUT2D eigenvalue weighted by Gasteiger charge is -2.20. The Kier molecular flexibility index (Phi) is 3.52. The van der Waals surface area contributed by atoms with Crippen LogP contribution in [0.5, 0.6) is 0 Å². The van der Waals surface area contributed by atoms with Crippen molar-refractivity contribution < 1.29 is 13.2 Å². The molecule has 0 aliphatic heterocycles. The fourth-order valence-corrected chi connectivity index (χ4v) is 0.987. The zero-order valence-electron chi connectivity index (χ0n) is 9.39. The Labute approximate surface area is 92.1 Å². The number of alkyl halides is 3. The van der Waals surface area contributed by atoms with Crippen LogP contribution in [0.3, 0.4) is 0 Å².